The van der Waals surface area contributed by atoms with Gasteiger partial charge in [0, 0.05) is 12.1 Å². The van der Waals surface area contributed by atoms with Gasteiger partial charge in [0.25, 0.3) is 0 Å². The van der Waals surface area contributed by atoms with Crippen molar-refractivity contribution in [2.24, 2.45) is 0 Å². The van der Waals surface area contributed by atoms with Crippen molar-refractivity contribution in [3.8, 4) is 28.8 Å². The number of imidazole rings is 1. The fourth-order valence-electron chi connectivity index (χ4n) is 1.96. The van der Waals surface area contributed by atoms with Crippen LogP contribution in [0, 0.1) is 0 Å². The van der Waals surface area contributed by atoms with E-state index in [9.17, 15) is 5.11 Å². The predicted octanol–water partition coefficient (Wildman–Crippen LogP) is 2.35. The second-order valence-electron chi connectivity index (χ2n) is 4.19. The van der Waals surface area contributed by atoms with Gasteiger partial charge in [0.2, 0.25) is 5.88 Å². The molecule has 6 nitrogen and oxygen atoms in total. The Bertz CT molecular complexity index is 767. The molecule has 0 saturated heterocycles. The molecular weight excluding hydrogens is 258 g/mol. The van der Waals surface area contributed by atoms with E-state index in [2.05, 4.69) is 15.0 Å². The number of nitrogens with zero attached hydrogens (tertiary/aromatic N) is 2. The Morgan fingerprint density at radius 2 is 1.90 bits per heavy atom. The number of methoxy groups -OCH3 is 2. The average molecular weight is 271 g/mol. The lowest BCUT2D eigenvalue weighted by Crippen LogP contribution is -1.87. The third-order valence-corrected chi connectivity index (χ3v) is 2.99. The minimum Gasteiger partial charge on any atom is -0.507 e. The van der Waals surface area contributed by atoms with Gasteiger partial charge in [-0.05, 0) is 18.2 Å². The second kappa shape index (κ2) is 4.73. The molecule has 2 N–H and O–H groups in total. The molecule has 0 bridgehead atoms. The zero-order valence-electron chi connectivity index (χ0n) is 11.0. The van der Waals surface area contributed by atoms with Gasteiger partial charge in [-0.15, -0.1) is 0 Å². The molecule has 0 aliphatic carbocycles. The van der Waals surface area contributed by atoms with Gasteiger partial charge >= 0.3 is 0 Å². The molecule has 0 fully saturated rings. The van der Waals surface area contributed by atoms with Crippen LogP contribution in [0.25, 0.3) is 22.6 Å². The summed E-state index contributed by atoms with van der Waals surface area (Å²) in [6.45, 7) is 0. The van der Waals surface area contributed by atoms with Gasteiger partial charge in [-0.2, -0.15) is 4.98 Å². The van der Waals surface area contributed by atoms with E-state index in [0.717, 1.165) is 5.52 Å². The molecule has 2 heterocycles. The van der Waals surface area contributed by atoms with Crippen molar-refractivity contribution in [2.75, 3.05) is 14.2 Å². The van der Waals surface area contributed by atoms with Crippen LogP contribution >= 0.6 is 0 Å². The molecular formula is C14H13N3O3. The Balaban J connectivity index is 2.10. The molecule has 0 aliphatic rings. The summed E-state index contributed by atoms with van der Waals surface area (Å²) in [6.07, 6.45) is 0. The van der Waals surface area contributed by atoms with Crippen molar-refractivity contribution in [3.63, 3.8) is 0 Å². The number of aromatic nitrogens is 3. The summed E-state index contributed by atoms with van der Waals surface area (Å²) < 4.78 is 10.1. The molecule has 3 aromatic rings. The van der Waals surface area contributed by atoms with Crippen molar-refractivity contribution < 1.29 is 14.6 Å². The van der Waals surface area contributed by atoms with Crippen molar-refractivity contribution in [1.29, 1.82) is 0 Å². The fraction of sp³-hybridized carbons (Fsp3) is 0.143. The molecule has 0 unspecified atom stereocenters. The zero-order chi connectivity index (χ0) is 14.1. The SMILES string of the molecule is COc1ccc(-c2nc3nc(OC)ccc3[nH]2)c(O)c1. The highest BCUT2D eigenvalue weighted by Gasteiger charge is 2.11. The van der Waals surface area contributed by atoms with E-state index in [0.29, 0.717) is 28.7 Å². The summed E-state index contributed by atoms with van der Waals surface area (Å²) in [5.74, 6) is 1.72. The van der Waals surface area contributed by atoms with E-state index in [-0.39, 0.29) is 5.75 Å². The number of rotatable bonds is 3. The Kier molecular flexibility index (Phi) is 2.90. The topological polar surface area (TPSA) is 80.3 Å². The van der Waals surface area contributed by atoms with E-state index in [1.54, 1.807) is 32.4 Å². The molecule has 1 aromatic carbocycles. The molecule has 2 aromatic heterocycles. The van der Waals surface area contributed by atoms with Gasteiger partial charge < -0.3 is 19.6 Å². The van der Waals surface area contributed by atoms with Crippen molar-refractivity contribution in [1.82, 2.24) is 15.0 Å². The van der Waals surface area contributed by atoms with E-state index in [1.165, 1.54) is 6.07 Å². The number of aromatic hydroxyl groups is 1. The zero-order valence-corrected chi connectivity index (χ0v) is 11.0. The minimum absolute atomic E-state index is 0.0929. The number of fused-ring (bicyclic) bond motifs is 1. The van der Waals surface area contributed by atoms with E-state index < -0.39 is 0 Å². The number of hydrogen-bond donors (Lipinski definition) is 2. The fourth-order valence-corrected chi connectivity index (χ4v) is 1.96. The van der Waals surface area contributed by atoms with Crippen LogP contribution in [0.5, 0.6) is 17.4 Å². The summed E-state index contributed by atoms with van der Waals surface area (Å²) in [5, 5.41) is 10.0. The largest absolute Gasteiger partial charge is 0.507 e. The van der Waals surface area contributed by atoms with Gasteiger partial charge in [-0.3, -0.25) is 0 Å². The average Bonchev–Trinajstić information content (AvgIpc) is 2.89. The van der Waals surface area contributed by atoms with Crippen LogP contribution in [0.15, 0.2) is 30.3 Å². The second-order valence-corrected chi connectivity index (χ2v) is 4.19. The summed E-state index contributed by atoms with van der Waals surface area (Å²) in [4.78, 5) is 11.7. The van der Waals surface area contributed by atoms with Crippen LogP contribution in [0.2, 0.25) is 0 Å². The number of H-pyrrole nitrogens is 1. The van der Waals surface area contributed by atoms with Crippen LogP contribution in [0.4, 0.5) is 0 Å². The van der Waals surface area contributed by atoms with Gasteiger partial charge in [-0.25, -0.2) is 4.98 Å². The van der Waals surface area contributed by atoms with E-state index >= 15 is 0 Å². The van der Waals surface area contributed by atoms with E-state index in [1.807, 2.05) is 6.07 Å². The maximum Gasteiger partial charge on any atom is 0.215 e. The highest BCUT2D eigenvalue weighted by molar-refractivity contribution is 5.78. The maximum atomic E-state index is 10.0. The van der Waals surface area contributed by atoms with Crippen molar-refractivity contribution in [2.45, 2.75) is 0 Å². The van der Waals surface area contributed by atoms with Crippen molar-refractivity contribution >= 4 is 11.2 Å². The molecule has 0 radical (unpaired) electrons. The quantitative estimate of drug-likeness (QED) is 0.764. The number of pyridine rings is 1. The first-order valence-electron chi connectivity index (χ1n) is 5.99. The van der Waals surface area contributed by atoms with Crippen LogP contribution in [0.1, 0.15) is 0 Å². The predicted molar refractivity (Wildman–Crippen MR) is 74.1 cm³/mol. The molecule has 102 valence electrons. The van der Waals surface area contributed by atoms with Gasteiger partial charge in [0.1, 0.15) is 17.3 Å². The molecule has 0 saturated carbocycles. The van der Waals surface area contributed by atoms with Gasteiger partial charge in [0.05, 0.1) is 25.3 Å². The number of ether oxygens (including phenoxy) is 2. The molecule has 3 rings (SSSR count). The monoisotopic (exact) mass is 271 g/mol. The summed E-state index contributed by atoms with van der Waals surface area (Å²) >= 11 is 0. The third-order valence-electron chi connectivity index (χ3n) is 2.99. The van der Waals surface area contributed by atoms with Crippen LogP contribution < -0.4 is 9.47 Å². The van der Waals surface area contributed by atoms with E-state index in [4.69, 9.17) is 9.47 Å². The van der Waals surface area contributed by atoms with Gasteiger partial charge in [0.15, 0.2) is 5.65 Å². The number of phenolic OH excluding ortho intramolecular Hbond substituents is 1. The Hall–Kier alpha value is -2.76. The van der Waals surface area contributed by atoms with Crippen molar-refractivity contribution in [3.05, 3.63) is 30.3 Å². The number of nitrogens with one attached hydrogen (secondary N) is 1. The lowest BCUT2D eigenvalue weighted by atomic mass is 10.2. The van der Waals surface area contributed by atoms with Gasteiger partial charge in [-0.1, -0.05) is 0 Å². The lowest BCUT2D eigenvalue weighted by molar-refractivity contribution is 0.399. The number of aromatic amines is 1. The normalized spacial score (nSPS) is 10.7. The number of phenols is 1. The van der Waals surface area contributed by atoms with Crippen LogP contribution in [0.3, 0.4) is 0 Å². The Morgan fingerprint density at radius 3 is 2.60 bits per heavy atom. The lowest BCUT2D eigenvalue weighted by Gasteiger charge is -2.03. The summed E-state index contributed by atoms with van der Waals surface area (Å²) in [7, 11) is 3.10. The molecule has 0 aliphatic heterocycles. The number of hydrogen-bond acceptors (Lipinski definition) is 5. The highest BCUT2D eigenvalue weighted by atomic mass is 16.5. The van der Waals surface area contributed by atoms with Crippen LogP contribution in [-0.4, -0.2) is 34.3 Å². The Labute approximate surface area is 115 Å². The third kappa shape index (κ3) is 2.01. The first kappa shape index (κ1) is 12.3. The van der Waals surface area contributed by atoms with Crippen LogP contribution in [-0.2, 0) is 0 Å². The molecule has 6 heteroatoms. The Morgan fingerprint density at radius 1 is 1.05 bits per heavy atom. The standard InChI is InChI=1S/C14H13N3O3/c1-19-8-3-4-9(11(18)7-8)13-15-10-5-6-12(20-2)16-14(10)17-13/h3-7,18H,1-2H3,(H,15,16,17). The summed E-state index contributed by atoms with van der Waals surface area (Å²) in [6, 6.07) is 8.62. The molecule has 0 spiro atoms. The highest BCUT2D eigenvalue weighted by Crippen LogP contribution is 2.31. The first-order valence-corrected chi connectivity index (χ1v) is 5.99. The molecule has 0 atom stereocenters. The molecule has 0 amide bonds. The first-order chi connectivity index (χ1) is 9.71. The molecule has 20 heavy (non-hydrogen) atoms. The minimum atomic E-state index is 0.0929. The maximum absolute atomic E-state index is 10.0. The number of benzene rings is 1. The summed E-state index contributed by atoms with van der Waals surface area (Å²) in [5.41, 5.74) is 1.90. The smallest absolute Gasteiger partial charge is 0.215 e.